The molecule has 318 valence electrons. The van der Waals surface area contributed by atoms with Gasteiger partial charge < -0.3 is 21.3 Å². The van der Waals surface area contributed by atoms with Gasteiger partial charge in [0.1, 0.15) is 29.9 Å². The average Bonchev–Trinajstić information content (AvgIpc) is 4.02. The minimum atomic E-state index is -0.743. The van der Waals surface area contributed by atoms with Crippen LogP contribution in [0.25, 0.3) is 34.2 Å². The van der Waals surface area contributed by atoms with E-state index in [1.54, 1.807) is 20.2 Å². The molecular weight excluding hydrogens is 793 g/mol. The van der Waals surface area contributed by atoms with Gasteiger partial charge in [0.15, 0.2) is 52.1 Å². The Morgan fingerprint density at radius 1 is 0.677 bits per heavy atom. The Hall–Kier alpha value is -7.74. The van der Waals surface area contributed by atoms with E-state index in [0.717, 1.165) is 25.7 Å². The van der Waals surface area contributed by atoms with Crippen molar-refractivity contribution < 1.29 is 19.4 Å². The van der Waals surface area contributed by atoms with Crippen LogP contribution in [0.5, 0.6) is 0 Å². The molecule has 0 bridgehead atoms. The number of nitrogens with zero attached hydrogens (tertiary/aromatic N) is 14. The number of nitrogens with two attached hydrogens (primary N) is 2. The summed E-state index contributed by atoms with van der Waals surface area (Å²) < 4.78 is 10.9. The molecule has 0 unspecified atom stereocenters. The van der Waals surface area contributed by atoms with Gasteiger partial charge in [-0.1, -0.05) is 87.4 Å². The maximum Gasteiger partial charge on any atom is 0.344 e. The van der Waals surface area contributed by atoms with Crippen molar-refractivity contribution in [3.05, 3.63) is 95.6 Å². The number of benzene rings is 2. The van der Waals surface area contributed by atoms with Crippen molar-refractivity contribution in [3.8, 4) is 34.2 Å². The van der Waals surface area contributed by atoms with Gasteiger partial charge in [0.2, 0.25) is 0 Å². The first-order chi connectivity index (χ1) is 30.1. The Kier molecular flexibility index (Phi) is 12.8. The minimum Gasteiger partial charge on any atom is -0.465 e. The number of aliphatic hydroxyl groups excluding tert-OH is 1. The molecule has 7 rings (SSSR count). The molecule has 0 spiro atoms. The van der Waals surface area contributed by atoms with Crippen molar-refractivity contribution in [1.29, 1.82) is 0 Å². The second-order valence-corrected chi connectivity index (χ2v) is 14.2. The molecule has 0 amide bonds. The van der Waals surface area contributed by atoms with Crippen molar-refractivity contribution in [2.24, 2.45) is 34.6 Å². The van der Waals surface area contributed by atoms with Crippen LogP contribution in [-0.2, 0) is 31.7 Å². The van der Waals surface area contributed by atoms with Gasteiger partial charge in [0.25, 0.3) is 0 Å². The molecule has 0 saturated heterocycles. The number of aliphatic hydroxyl groups is 1. The van der Waals surface area contributed by atoms with Crippen molar-refractivity contribution in [2.45, 2.75) is 52.4 Å². The van der Waals surface area contributed by atoms with Gasteiger partial charge in [0.05, 0.1) is 24.1 Å². The molecule has 0 aliphatic rings. The van der Waals surface area contributed by atoms with Gasteiger partial charge in [-0.2, -0.15) is 29.8 Å². The Bertz CT molecular complexity index is 2600. The van der Waals surface area contributed by atoms with Gasteiger partial charge in [-0.15, -0.1) is 20.5 Å². The first-order valence-electron chi connectivity index (χ1n) is 20.0. The second-order valence-electron chi connectivity index (χ2n) is 14.2. The third kappa shape index (κ3) is 8.35. The number of methoxy groups -OCH3 is 1. The number of ether oxygens (including phenoxy) is 1. The highest BCUT2D eigenvalue weighted by atomic mass is 16.5. The van der Waals surface area contributed by atoms with Crippen LogP contribution >= 0.6 is 0 Å². The Morgan fingerprint density at radius 3 is 1.56 bits per heavy atom. The van der Waals surface area contributed by atoms with Crippen LogP contribution in [0.15, 0.2) is 93.5 Å². The van der Waals surface area contributed by atoms with Gasteiger partial charge in [-0.25, -0.2) is 24.1 Å². The van der Waals surface area contributed by atoms with E-state index in [1.807, 2.05) is 60.7 Å². The van der Waals surface area contributed by atoms with E-state index in [9.17, 15) is 14.7 Å². The summed E-state index contributed by atoms with van der Waals surface area (Å²) in [4.78, 5) is 35.1. The Balaban J connectivity index is 1.27. The lowest BCUT2D eigenvalue weighted by Gasteiger charge is -2.06. The standard InChI is InChI=1S/C42H46N16O4/c1-6-8-20-27-36(47-49-40-32(29(60)23-59)34(53-55(40)3)25-16-12-10-13-17-25)38(43)57(51-27)30-22-31(46-24-45-30)58-39(44)37(28(52-58)21-9-7-2)48-50-41-33(42(61)62-5)35(54-56(41)4)26-18-14-11-15-19-26/h10-19,22,24,59H,6-9,20-21,23,43-44H2,1-5H3/b49-47+,50-48+. The maximum absolute atomic E-state index is 13.1. The number of anilines is 2. The molecule has 0 saturated carbocycles. The summed E-state index contributed by atoms with van der Waals surface area (Å²) >= 11 is 0. The summed E-state index contributed by atoms with van der Waals surface area (Å²) in [6, 6.07) is 20.0. The number of ketones is 1. The summed E-state index contributed by atoms with van der Waals surface area (Å²) in [6.45, 7) is 3.37. The van der Waals surface area contributed by atoms with Crippen molar-refractivity contribution in [3.63, 3.8) is 0 Å². The third-order valence-corrected chi connectivity index (χ3v) is 9.97. The van der Waals surface area contributed by atoms with E-state index in [-0.39, 0.29) is 51.7 Å². The predicted molar refractivity (Wildman–Crippen MR) is 231 cm³/mol. The number of aromatic nitrogens is 10. The zero-order chi connectivity index (χ0) is 43.9. The quantitative estimate of drug-likeness (QED) is 0.0464. The van der Waals surface area contributed by atoms with E-state index in [1.165, 1.54) is 32.2 Å². The number of rotatable bonds is 17. The van der Waals surface area contributed by atoms with Crippen molar-refractivity contribution >= 4 is 46.4 Å². The first-order valence-corrected chi connectivity index (χ1v) is 20.0. The summed E-state index contributed by atoms with van der Waals surface area (Å²) in [7, 11) is 4.60. The van der Waals surface area contributed by atoms with E-state index >= 15 is 0 Å². The predicted octanol–water partition coefficient (Wildman–Crippen LogP) is 7.29. The number of carbonyl (C=O) groups is 2. The van der Waals surface area contributed by atoms with E-state index in [4.69, 9.17) is 26.4 Å². The number of hydrogen-bond acceptors (Lipinski definition) is 16. The highest BCUT2D eigenvalue weighted by Crippen LogP contribution is 2.38. The van der Waals surface area contributed by atoms with E-state index in [0.29, 0.717) is 52.4 Å². The van der Waals surface area contributed by atoms with Crippen molar-refractivity contribution in [1.82, 2.24) is 49.1 Å². The fourth-order valence-corrected chi connectivity index (χ4v) is 6.78. The van der Waals surface area contributed by atoms with E-state index < -0.39 is 18.4 Å². The maximum atomic E-state index is 13.1. The highest BCUT2D eigenvalue weighted by molar-refractivity contribution is 6.06. The number of Topliss-reactive ketones (excluding diaryl/α,β-unsaturated/α-hetero) is 1. The van der Waals surface area contributed by atoms with Gasteiger partial charge in [-0.05, 0) is 25.7 Å². The lowest BCUT2D eigenvalue weighted by molar-refractivity contribution is 0.0602. The molecule has 5 heterocycles. The summed E-state index contributed by atoms with van der Waals surface area (Å²) in [5.41, 5.74) is 17.7. The van der Waals surface area contributed by atoms with Crippen LogP contribution < -0.4 is 11.5 Å². The third-order valence-electron chi connectivity index (χ3n) is 9.97. The molecule has 2 aromatic carbocycles. The summed E-state index contributed by atoms with van der Waals surface area (Å²) in [6.07, 6.45) is 5.70. The molecule has 5 aromatic heterocycles. The highest BCUT2D eigenvalue weighted by Gasteiger charge is 2.27. The molecule has 0 aliphatic heterocycles. The van der Waals surface area contributed by atoms with E-state index in [2.05, 4.69) is 54.5 Å². The fourth-order valence-electron chi connectivity index (χ4n) is 6.78. The Morgan fingerprint density at radius 2 is 1.13 bits per heavy atom. The van der Waals surface area contributed by atoms with Crippen LogP contribution in [0.1, 0.15) is 71.6 Å². The second kappa shape index (κ2) is 18.7. The number of aryl methyl sites for hydroxylation is 4. The van der Waals surface area contributed by atoms with Crippen LogP contribution in [-0.4, -0.2) is 79.7 Å². The van der Waals surface area contributed by atoms with Crippen LogP contribution in [0, 0.1) is 0 Å². The summed E-state index contributed by atoms with van der Waals surface area (Å²) in [5, 5.41) is 46.7. The molecule has 20 heteroatoms. The number of unbranched alkanes of at least 4 members (excludes halogenated alkanes) is 2. The zero-order valence-corrected chi connectivity index (χ0v) is 35.0. The molecule has 0 radical (unpaired) electrons. The van der Waals surface area contributed by atoms with Gasteiger partial charge >= 0.3 is 5.97 Å². The number of esters is 1. The zero-order valence-electron chi connectivity index (χ0n) is 35.0. The van der Waals surface area contributed by atoms with Gasteiger partial charge in [-0.3, -0.25) is 4.79 Å². The summed E-state index contributed by atoms with van der Waals surface area (Å²) in [5.74, 6) is -0.0229. The normalized spacial score (nSPS) is 11.6. The van der Waals surface area contributed by atoms with Crippen LogP contribution in [0.3, 0.4) is 0 Å². The molecule has 5 N–H and O–H groups in total. The largest absolute Gasteiger partial charge is 0.465 e. The van der Waals surface area contributed by atoms with Gasteiger partial charge in [0, 0.05) is 31.3 Å². The molecule has 7 aromatic rings. The molecule has 20 nitrogen and oxygen atoms in total. The first kappa shape index (κ1) is 42.4. The SMILES string of the molecule is CCCCc1nn(-c2cc(-n3nc(CCCC)c(/N=N/c4c(C(=O)OC)c(-c5ccccc5)nn4C)c3N)ncn2)c(N)c1/N=N/c1c(C(=O)CO)c(-c2ccccc2)nn1C. The fraction of sp³-hybridized carbons (Fsp3) is 0.286. The number of azo groups is 2. The minimum absolute atomic E-state index is 0.127. The molecule has 0 atom stereocenters. The van der Waals surface area contributed by atoms with Crippen LogP contribution in [0.4, 0.5) is 34.6 Å². The van der Waals surface area contributed by atoms with Crippen molar-refractivity contribution in [2.75, 3.05) is 25.2 Å². The molecule has 62 heavy (non-hydrogen) atoms. The number of nitrogen functional groups attached to an aromatic ring is 2. The van der Waals surface area contributed by atoms with Crippen LogP contribution in [0.2, 0.25) is 0 Å². The molecule has 0 aliphatic carbocycles. The number of hydrogen-bond donors (Lipinski definition) is 3. The smallest absolute Gasteiger partial charge is 0.344 e. The Labute approximate surface area is 356 Å². The monoisotopic (exact) mass is 838 g/mol. The molecular formula is C42H46N16O4. The molecule has 0 fully saturated rings. The lowest BCUT2D eigenvalue weighted by Crippen LogP contribution is -2.09. The topological polar surface area (TPSA) is 262 Å². The lowest BCUT2D eigenvalue weighted by atomic mass is 10.0. The number of carbonyl (C=O) groups excluding carboxylic acids is 2. The average molecular weight is 839 g/mol.